The number of halogens is 1. The summed E-state index contributed by atoms with van der Waals surface area (Å²) in [6.45, 7) is 1.93. The van der Waals surface area contributed by atoms with Gasteiger partial charge in [0.1, 0.15) is 0 Å². The Morgan fingerprint density at radius 1 is 0.862 bits per heavy atom. The van der Waals surface area contributed by atoms with E-state index in [0.29, 0.717) is 16.4 Å². The van der Waals surface area contributed by atoms with Gasteiger partial charge in [-0.05, 0) is 67.1 Å². The van der Waals surface area contributed by atoms with Crippen molar-refractivity contribution < 1.29 is 13.2 Å². The second-order valence-corrected chi connectivity index (χ2v) is 8.49. The van der Waals surface area contributed by atoms with Crippen LogP contribution in [-0.4, -0.2) is 14.3 Å². The molecule has 0 aliphatic carbocycles. The van der Waals surface area contributed by atoms with Crippen LogP contribution in [-0.2, 0) is 14.8 Å². The van der Waals surface area contributed by atoms with Gasteiger partial charge in [0.15, 0.2) is 0 Å². The number of sulfonamides is 1. The molecular formula is C22H19ClN2O3S. The molecule has 0 atom stereocenters. The van der Waals surface area contributed by atoms with Crippen molar-refractivity contribution in [1.29, 1.82) is 0 Å². The first-order valence-corrected chi connectivity index (χ1v) is 10.6. The van der Waals surface area contributed by atoms with Crippen LogP contribution in [0.25, 0.3) is 6.08 Å². The van der Waals surface area contributed by atoms with E-state index in [9.17, 15) is 13.2 Å². The normalized spacial score (nSPS) is 11.4. The second-order valence-electron chi connectivity index (χ2n) is 6.37. The summed E-state index contributed by atoms with van der Waals surface area (Å²) in [6, 6.07) is 20.1. The zero-order chi connectivity index (χ0) is 20.9. The lowest BCUT2D eigenvalue weighted by Gasteiger charge is -2.09. The van der Waals surface area contributed by atoms with Gasteiger partial charge in [0.05, 0.1) is 4.90 Å². The summed E-state index contributed by atoms with van der Waals surface area (Å²) in [7, 11) is -3.71. The number of benzene rings is 3. The van der Waals surface area contributed by atoms with Gasteiger partial charge in [0, 0.05) is 22.5 Å². The van der Waals surface area contributed by atoms with Crippen LogP contribution in [0.5, 0.6) is 0 Å². The van der Waals surface area contributed by atoms with Crippen molar-refractivity contribution in [2.45, 2.75) is 11.8 Å². The molecule has 0 bridgehead atoms. The number of carbonyl (C=O) groups is 1. The van der Waals surface area contributed by atoms with Gasteiger partial charge < -0.3 is 5.32 Å². The summed E-state index contributed by atoms with van der Waals surface area (Å²) in [5.41, 5.74) is 2.86. The number of carbonyl (C=O) groups excluding carboxylic acids is 1. The Morgan fingerprint density at radius 2 is 1.45 bits per heavy atom. The van der Waals surface area contributed by atoms with Gasteiger partial charge in [-0.15, -0.1) is 0 Å². The van der Waals surface area contributed by atoms with Crippen LogP contribution in [0.15, 0.2) is 83.8 Å². The lowest BCUT2D eigenvalue weighted by atomic mass is 10.2. The fraction of sp³-hybridized carbons (Fsp3) is 0.0455. The predicted molar refractivity (Wildman–Crippen MR) is 118 cm³/mol. The molecule has 1 amide bonds. The van der Waals surface area contributed by atoms with E-state index in [2.05, 4.69) is 10.0 Å². The van der Waals surface area contributed by atoms with E-state index in [1.54, 1.807) is 42.5 Å². The number of hydrogen-bond donors (Lipinski definition) is 2. The third-order valence-corrected chi connectivity index (χ3v) is 5.68. The Hall–Kier alpha value is -3.09. The van der Waals surface area contributed by atoms with Gasteiger partial charge in [0.2, 0.25) is 5.91 Å². The van der Waals surface area contributed by atoms with Crippen LogP contribution in [0.2, 0.25) is 5.02 Å². The zero-order valence-electron chi connectivity index (χ0n) is 15.6. The molecule has 7 heteroatoms. The van der Waals surface area contributed by atoms with Crippen LogP contribution in [0.1, 0.15) is 11.1 Å². The van der Waals surface area contributed by atoms with Gasteiger partial charge in [0.25, 0.3) is 10.0 Å². The zero-order valence-corrected chi connectivity index (χ0v) is 17.2. The van der Waals surface area contributed by atoms with Gasteiger partial charge in [-0.3, -0.25) is 9.52 Å². The van der Waals surface area contributed by atoms with E-state index in [1.807, 2.05) is 19.1 Å². The first-order chi connectivity index (χ1) is 13.8. The highest BCUT2D eigenvalue weighted by Crippen LogP contribution is 2.19. The van der Waals surface area contributed by atoms with Crippen molar-refractivity contribution in [3.05, 3.63) is 95.0 Å². The van der Waals surface area contributed by atoms with E-state index in [0.717, 1.165) is 11.1 Å². The van der Waals surface area contributed by atoms with Crippen molar-refractivity contribution in [2.24, 2.45) is 0 Å². The Morgan fingerprint density at radius 3 is 2.07 bits per heavy atom. The maximum absolute atomic E-state index is 12.5. The second kappa shape index (κ2) is 8.94. The van der Waals surface area contributed by atoms with Gasteiger partial charge in [-0.1, -0.05) is 41.4 Å². The summed E-state index contributed by atoms with van der Waals surface area (Å²) in [6.07, 6.45) is 3.06. The minimum Gasteiger partial charge on any atom is -0.323 e. The first kappa shape index (κ1) is 20.6. The highest BCUT2D eigenvalue weighted by molar-refractivity contribution is 7.92. The van der Waals surface area contributed by atoms with Gasteiger partial charge >= 0.3 is 0 Å². The van der Waals surface area contributed by atoms with E-state index in [1.165, 1.54) is 30.3 Å². The largest absolute Gasteiger partial charge is 0.323 e. The summed E-state index contributed by atoms with van der Waals surface area (Å²) in [4.78, 5) is 12.2. The van der Waals surface area contributed by atoms with E-state index in [-0.39, 0.29) is 10.8 Å². The van der Waals surface area contributed by atoms with Crippen LogP contribution < -0.4 is 10.0 Å². The fourth-order valence-corrected chi connectivity index (χ4v) is 3.67. The van der Waals surface area contributed by atoms with Crippen LogP contribution in [0.4, 0.5) is 11.4 Å². The average molecular weight is 427 g/mol. The Labute approximate surface area is 175 Å². The maximum atomic E-state index is 12.5. The summed E-state index contributed by atoms with van der Waals surface area (Å²) < 4.78 is 27.5. The fourth-order valence-electron chi connectivity index (χ4n) is 2.48. The third-order valence-electron chi connectivity index (χ3n) is 4.03. The summed E-state index contributed by atoms with van der Waals surface area (Å²) in [5, 5.41) is 3.31. The first-order valence-electron chi connectivity index (χ1n) is 8.76. The number of anilines is 2. The van der Waals surface area contributed by atoms with Crippen LogP contribution in [0.3, 0.4) is 0 Å². The highest BCUT2D eigenvalue weighted by Gasteiger charge is 2.14. The van der Waals surface area contributed by atoms with Crippen molar-refractivity contribution in [3.63, 3.8) is 0 Å². The van der Waals surface area contributed by atoms with Crippen LogP contribution in [0, 0.1) is 6.92 Å². The Bertz CT molecular complexity index is 1120. The quantitative estimate of drug-likeness (QED) is 0.538. The standard InChI is InChI=1S/C22H19ClN2O3S/c1-16-2-9-20(10-3-16)25-29(27,28)21-13-11-19(12-14-21)24-22(26)15-6-17-4-7-18(23)8-5-17/h2-15,25H,1H3,(H,24,26)/b15-6+. The topological polar surface area (TPSA) is 75.3 Å². The molecule has 0 unspecified atom stereocenters. The molecule has 2 N–H and O–H groups in total. The minimum absolute atomic E-state index is 0.104. The molecule has 29 heavy (non-hydrogen) atoms. The molecule has 0 fully saturated rings. The predicted octanol–water partition coefficient (Wildman–Crippen LogP) is 5.10. The number of hydrogen-bond acceptors (Lipinski definition) is 3. The number of rotatable bonds is 6. The molecule has 0 spiro atoms. The molecule has 148 valence electrons. The number of amides is 1. The molecule has 3 aromatic rings. The lowest BCUT2D eigenvalue weighted by Crippen LogP contribution is -2.13. The van der Waals surface area contributed by atoms with E-state index >= 15 is 0 Å². The SMILES string of the molecule is Cc1ccc(NS(=O)(=O)c2ccc(NC(=O)/C=C/c3ccc(Cl)cc3)cc2)cc1. The molecule has 0 heterocycles. The summed E-state index contributed by atoms with van der Waals surface area (Å²) >= 11 is 5.83. The molecule has 0 aliphatic heterocycles. The lowest BCUT2D eigenvalue weighted by molar-refractivity contribution is -0.111. The molecule has 0 saturated carbocycles. The van der Waals surface area contributed by atoms with E-state index < -0.39 is 10.0 Å². The molecule has 0 aliphatic rings. The molecule has 0 radical (unpaired) electrons. The summed E-state index contributed by atoms with van der Waals surface area (Å²) in [5.74, 6) is -0.326. The molecule has 3 rings (SSSR count). The van der Waals surface area contributed by atoms with Crippen molar-refractivity contribution in [2.75, 3.05) is 10.0 Å². The van der Waals surface area contributed by atoms with Gasteiger partial charge in [-0.2, -0.15) is 0 Å². The van der Waals surface area contributed by atoms with E-state index in [4.69, 9.17) is 11.6 Å². The number of nitrogens with one attached hydrogen (secondary N) is 2. The van der Waals surface area contributed by atoms with Crippen LogP contribution >= 0.6 is 11.6 Å². The van der Waals surface area contributed by atoms with Crippen molar-refractivity contribution >= 4 is 45.0 Å². The average Bonchev–Trinajstić information content (AvgIpc) is 2.70. The van der Waals surface area contributed by atoms with Crippen molar-refractivity contribution in [3.8, 4) is 0 Å². The molecular weight excluding hydrogens is 408 g/mol. The van der Waals surface area contributed by atoms with Gasteiger partial charge in [-0.25, -0.2) is 8.42 Å². The minimum atomic E-state index is -3.71. The monoisotopic (exact) mass is 426 g/mol. The Balaban J connectivity index is 1.63. The molecule has 0 saturated heterocycles. The smallest absolute Gasteiger partial charge is 0.261 e. The highest BCUT2D eigenvalue weighted by atomic mass is 35.5. The van der Waals surface area contributed by atoms with Crippen molar-refractivity contribution in [1.82, 2.24) is 0 Å². The Kier molecular flexibility index (Phi) is 6.36. The number of aryl methyl sites for hydroxylation is 1. The molecule has 5 nitrogen and oxygen atoms in total. The maximum Gasteiger partial charge on any atom is 0.261 e. The molecule has 3 aromatic carbocycles. The third kappa shape index (κ3) is 5.94. The molecule has 0 aromatic heterocycles.